The number of amides is 2. The van der Waals surface area contributed by atoms with Crippen LogP contribution in [0.3, 0.4) is 0 Å². The fourth-order valence-corrected chi connectivity index (χ4v) is 8.45. The molecule has 10 heteroatoms. The number of benzene rings is 2. The molecule has 2 saturated heterocycles. The molecule has 0 saturated carbocycles. The fourth-order valence-electron chi connectivity index (χ4n) is 8.45. The van der Waals surface area contributed by atoms with E-state index in [9.17, 15) is 9.59 Å². The van der Waals surface area contributed by atoms with Crippen LogP contribution in [0.5, 0.6) is 5.75 Å². The van der Waals surface area contributed by atoms with Crippen LogP contribution >= 0.6 is 0 Å². The van der Waals surface area contributed by atoms with Crippen molar-refractivity contribution in [1.29, 1.82) is 0 Å². The van der Waals surface area contributed by atoms with Crippen molar-refractivity contribution in [3.63, 3.8) is 0 Å². The number of nitrogens with zero attached hydrogens (tertiary/aromatic N) is 4. The highest BCUT2D eigenvalue weighted by molar-refractivity contribution is 6.01. The van der Waals surface area contributed by atoms with Crippen molar-refractivity contribution in [2.75, 3.05) is 20.8 Å². The van der Waals surface area contributed by atoms with Crippen LogP contribution in [-0.4, -0.2) is 69.8 Å². The van der Waals surface area contributed by atoms with Crippen molar-refractivity contribution in [1.82, 2.24) is 24.3 Å². The van der Waals surface area contributed by atoms with Crippen molar-refractivity contribution in [3.05, 3.63) is 47.5 Å². The number of nitrogens with one attached hydrogen (secondary N) is 1. The minimum atomic E-state index is -0.558. The molecule has 250 valence electrons. The first-order chi connectivity index (χ1) is 22.6. The quantitative estimate of drug-likeness (QED) is 0.289. The van der Waals surface area contributed by atoms with E-state index in [1.807, 2.05) is 37.9 Å². The molecular weight excluding hydrogens is 592 g/mol. The van der Waals surface area contributed by atoms with E-state index in [1.54, 1.807) is 14.2 Å². The Labute approximate surface area is 276 Å². The lowest BCUT2D eigenvalue weighted by atomic mass is 9.83. The van der Waals surface area contributed by atoms with E-state index in [-0.39, 0.29) is 36.0 Å². The molecule has 10 nitrogen and oxygen atoms in total. The number of aromatic nitrogens is 3. The standard InChI is InChI=1S/C37H48N6O4/c1-22-23-10-11-24-18-31(42(30(24)17-23)15-9-7-6-8-14-37(2,21-46-4)36(45)39-22)34-40-28-16-25(19-32(47-5)33(28)41(34)3)35(44)43-26-12-13-29(43)27(38)20-26/h10-11,16-19,22,26-27,29H,6-9,12-15,20-21,38H2,1-5H3,(H,39,45)/t22-,26+,27-,29-,37?/m1/s1. The number of imidazole rings is 1. The topological polar surface area (TPSA) is 117 Å². The summed E-state index contributed by atoms with van der Waals surface area (Å²) in [6, 6.07) is 12.6. The summed E-state index contributed by atoms with van der Waals surface area (Å²) in [5.41, 5.74) is 11.2. The summed E-state index contributed by atoms with van der Waals surface area (Å²) in [6.07, 6.45) is 7.73. The molecule has 3 aliphatic rings. The van der Waals surface area contributed by atoms with E-state index in [2.05, 4.69) is 38.7 Å². The van der Waals surface area contributed by atoms with Gasteiger partial charge in [0.25, 0.3) is 5.91 Å². The number of fused-ring (bicyclic) bond motifs is 4. The van der Waals surface area contributed by atoms with Crippen LogP contribution in [-0.2, 0) is 23.1 Å². The molecule has 0 aliphatic carbocycles. The number of carbonyl (C=O) groups is 2. The average Bonchev–Trinajstić information content (AvgIpc) is 3.81. The van der Waals surface area contributed by atoms with Gasteiger partial charge < -0.3 is 34.6 Å². The first-order valence-electron chi connectivity index (χ1n) is 17.2. The Morgan fingerprint density at radius 3 is 2.64 bits per heavy atom. The van der Waals surface area contributed by atoms with E-state index in [1.165, 1.54) is 0 Å². The summed E-state index contributed by atoms with van der Waals surface area (Å²) in [6.45, 7) is 5.31. The van der Waals surface area contributed by atoms with E-state index in [4.69, 9.17) is 20.2 Å². The Morgan fingerprint density at radius 2 is 1.91 bits per heavy atom. The summed E-state index contributed by atoms with van der Waals surface area (Å²) in [7, 11) is 5.33. The monoisotopic (exact) mass is 640 g/mol. The van der Waals surface area contributed by atoms with Crippen LogP contribution in [0, 0.1) is 5.41 Å². The summed E-state index contributed by atoms with van der Waals surface area (Å²) >= 11 is 0. The lowest BCUT2D eigenvalue weighted by Crippen LogP contribution is -2.43. The van der Waals surface area contributed by atoms with E-state index in [0.717, 1.165) is 96.9 Å². The van der Waals surface area contributed by atoms with Crippen LogP contribution in [0.25, 0.3) is 33.5 Å². The minimum Gasteiger partial charge on any atom is -0.494 e. The second-order valence-corrected chi connectivity index (χ2v) is 14.3. The number of methoxy groups -OCH3 is 2. The molecule has 0 spiro atoms. The first kappa shape index (κ1) is 31.7. The Morgan fingerprint density at radius 1 is 1.11 bits per heavy atom. The highest BCUT2D eigenvalue weighted by Crippen LogP contribution is 2.40. The van der Waals surface area contributed by atoms with Gasteiger partial charge in [0.2, 0.25) is 5.91 Å². The molecule has 1 unspecified atom stereocenters. The van der Waals surface area contributed by atoms with Gasteiger partial charge in [0, 0.05) is 55.3 Å². The minimum absolute atomic E-state index is 0.0106. The van der Waals surface area contributed by atoms with E-state index < -0.39 is 5.41 Å². The number of hydrogen-bond acceptors (Lipinski definition) is 6. The van der Waals surface area contributed by atoms with Gasteiger partial charge in [0.15, 0.2) is 5.82 Å². The Kier molecular flexibility index (Phi) is 8.29. The molecule has 2 fully saturated rings. The third kappa shape index (κ3) is 5.39. The van der Waals surface area contributed by atoms with Crippen molar-refractivity contribution in [2.45, 2.75) is 95.9 Å². The van der Waals surface area contributed by atoms with Gasteiger partial charge in [-0.1, -0.05) is 31.4 Å². The molecule has 4 bridgehead atoms. The number of nitrogens with two attached hydrogens (primary N) is 1. The van der Waals surface area contributed by atoms with Crippen molar-refractivity contribution in [2.24, 2.45) is 18.2 Å². The SMILES string of the molecule is COCC1(C)CCCCCCn2c(-c3nc4cc(C(=O)N5[C@H]6CC[C@@H]5[C@H](N)C6)cc(OC)c4n3C)cc3ccc(cc32)[C@@H](C)NC1=O. The van der Waals surface area contributed by atoms with Crippen LogP contribution < -0.4 is 15.8 Å². The van der Waals surface area contributed by atoms with Gasteiger partial charge in [0.1, 0.15) is 11.3 Å². The lowest BCUT2D eigenvalue weighted by molar-refractivity contribution is -0.134. The van der Waals surface area contributed by atoms with Gasteiger partial charge in [0.05, 0.1) is 36.4 Å². The first-order valence-corrected chi connectivity index (χ1v) is 17.2. The predicted octanol–water partition coefficient (Wildman–Crippen LogP) is 5.70. The number of hydrogen-bond donors (Lipinski definition) is 2. The maximum atomic E-state index is 13.8. The average molecular weight is 641 g/mol. The molecule has 2 aromatic heterocycles. The normalized spacial score (nSPS) is 26.7. The molecule has 3 aliphatic heterocycles. The second-order valence-electron chi connectivity index (χ2n) is 14.3. The molecule has 2 amide bonds. The number of rotatable bonds is 5. The van der Waals surface area contributed by atoms with Gasteiger partial charge in [-0.15, -0.1) is 0 Å². The number of aryl methyl sites for hydroxylation is 2. The zero-order valence-electron chi connectivity index (χ0n) is 28.3. The lowest BCUT2D eigenvalue weighted by Gasteiger charge is -2.29. The fraction of sp³-hybridized carbons (Fsp3) is 0.541. The molecule has 5 atom stereocenters. The molecule has 47 heavy (non-hydrogen) atoms. The maximum absolute atomic E-state index is 13.8. The highest BCUT2D eigenvalue weighted by atomic mass is 16.5. The van der Waals surface area contributed by atoms with Gasteiger partial charge in [-0.05, 0) is 75.8 Å². The van der Waals surface area contributed by atoms with Crippen LogP contribution in [0.15, 0.2) is 36.4 Å². The Balaban J connectivity index is 1.29. The smallest absolute Gasteiger partial charge is 0.254 e. The summed E-state index contributed by atoms with van der Waals surface area (Å²) in [5, 5.41) is 4.40. The molecule has 7 rings (SSSR count). The van der Waals surface area contributed by atoms with Gasteiger partial charge in [-0.3, -0.25) is 9.59 Å². The zero-order chi connectivity index (χ0) is 33.0. The Hall–Kier alpha value is -3.89. The summed E-state index contributed by atoms with van der Waals surface area (Å²) in [4.78, 5) is 34.5. The van der Waals surface area contributed by atoms with Crippen LogP contribution in [0.1, 0.15) is 87.2 Å². The molecule has 2 aromatic carbocycles. The third-order valence-corrected chi connectivity index (χ3v) is 11.1. The van der Waals surface area contributed by atoms with Gasteiger partial charge >= 0.3 is 0 Å². The Bertz CT molecular complexity index is 1840. The van der Waals surface area contributed by atoms with Crippen LogP contribution in [0.4, 0.5) is 0 Å². The predicted molar refractivity (Wildman–Crippen MR) is 183 cm³/mol. The van der Waals surface area contributed by atoms with Crippen LogP contribution in [0.2, 0.25) is 0 Å². The maximum Gasteiger partial charge on any atom is 0.254 e. The largest absolute Gasteiger partial charge is 0.494 e. The van der Waals surface area contributed by atoms with Gasteiger partial charge in [-0.2, -0.15) is 0 Å². The van der Waals surface area contributed by atoms with E-state index >= 15 is 0 Å². The molecule has 5 heterocycles. The number of carbonyl (C=O) groups excluding carboxylic acids is 2. The second kappa shape index (κ2) is 12.3. The van der Waals surface area contributed by atoms with Crippen molar-refractivity contribution < 1.29 is 19.1 Å². The molecule has 4 aromatic rings. The number of ether oxygens (including phenoxy) is 2. The van der Waals surface area contributed by atoms with E-state index in [0.29, 0.717) is 17.9 Å². The summed E-state index contributed by atoms with van der Waals surface area (Å²) in [5.74, 6) is 1.50. The highest BCUT2D eigenvalue weighted by Gasteiger charge is 2.47. The summed E-state index contributed by atoms with van der Waals surface area (Å²) < 4.78 is 15.8. The van der Waals surface area contributed by atoms with Crippen molar-refractivity contribution >= 4 is 33.8 Å². The van der Waals surface area contributed by atoms with Crippen molar-refractivity contribution in [3.8, 4) is 17.3 Å². The van der Waals surface area contributed by atoms with Gasteiger partial charge in [-0.25, -0.2) is 4.98 Å². The molecule has 3 N–H and O–H groups in total. The molecular formula is C37H48N6O4. The zero-order valence-corrected chi connectivity index (χ0v) is 28.3. The third-order valence-electron chi connectivity index (χ3n) is 11.1. The molecule has 0 radical (unpaired) electrons.